The Morgan fingerprint density at radius 1 is 1.36 bits per heavy atom. The van der Waals surface area contributed by atoms with Crippen molar-refractivity contribution in [1.29, 1.82) is 0 Å². The predicted octanol–water partition coefficient (Wildman–Crippen LogP) is 1.66. The first-order chi connectivity index (χ1) is 11.8. The lowest BCUT2D eigenvalue weighted by Gasteiger charge is -2.25. The zero-order valence-electron chi connectivity index (χ0n) is 14.9. The van der Waals surface area contributed by atoms with E-state index in [2.05, 4.69) is 6.58 Å². The molecule has 0 bridgehead atoms. The Hall–Kier alpha value is -2.54. The minimum atomic E-state index is -1.12. The zero-order chi connectivity index (χ0) is 19.0. The van der Waals surface area contributed by atoms with Gasteiger partial charge in [0.15, 0.2) is 0 Å². The number of carboxylic acids is 1. The summed E-state index contributed by atoms with van der Waals surface area (Å²) in [5.74, 6) is -0.568. The van der Waals surface area contributed by atoms with Crippen molar-refractivity contribution in [3.63, 3.8) is 0 Å². The molecular weight excluding hydrogens is 324 g/mol. The average Bonchev–Trinajstić information content (AvgIpc) is 2.60. The Kier molecular flexibility index (Phi) is 7.94. The van der Waals surface area contributed by atoms with Crippen LogP contribution >= 0.6 is 0 Å². The van der Waals surface area contributed by atoms with Gasteiger partial charge in [-0.25, -0.2) is 0 Å². The number of carboxylic acid groups (broad SMARTS) is 1. The molecule has 0 heterocycles. The molecule has 25 heavy (non-hydrogen) atoms. The molecule has 0 saturated heterocycles. The van der Waals surface area contributed by atoms with E-state index in [0.29, 0.717) is 24.5 Å². The van der Waals surface area contributed by atoms with Crippen molar-refractivity contribution in [2.24, 2.45) is 11.7 Å². The van der Waals surface area contributed by atoms with Crippen molar-refractivity contribution in [2.75, 3.05) is 21.3 Å². The molecule has 0 radical (unpaired) electrons. The number of amides is 1. The van der Waals surface area contributed by atoms with Gasteiger partial charge in [0, 0.05) is 31.1 Å². The summed E-state index contributed by atoms with van der Waals surface area (Å²) in [6.45, 7) is 3.95. The minimum Gasteiger partial charge on any atom is -0.497 e. The third-order valence-corrected chi connectivity index (χ3v) is 3.93. The molecule has 1 amide bonds. The number of ether oxygens (including phenoxy) is 2. The highest BCUT2D eigenvalue weighted by atomic mass is 16.5. The van der Waals surface area contributed by atoms with Crippen molar-refractivity contribution in [1.82, 2.24) is 4.90 Å². The summed E-state index contributed by atoms with van der Waals surface area (Å²) >= 11 is 0. The fourth-order valence-corrected chi connectivity index (χ4v) is 2.53. The second-order valence-electron chi connectivity index (χ2n) is 5.77. The first-order valence-corrected chi connectivity index (χ1v) is 7.89. The highest BCUT2D eigenvalue weighted by Crippen LogP contribution is 2.26. The number of carbonyl (C=O) groups is 2. The van der Waals surface area contributed by atoms with Gasteiger partial charge in [-0.15, -0.1) is 6.58 Å². The quantitative estimate of drug-likeness (QED) is 0.622. The first-order valence-electron chi connectivity index (χ1n) is 7.89. The second kappa shape index (κ2) is 9.68. The fourth-order valence-electron chi connectivity index (χ4n) is 2.53. The lowest BCUT2D eigenvalue weighted by atomic mass is 9.95. The van der Waals surface area contributed by atoms with Crippen LogP contribution in [-0.2, 0) is 16.1 Å². The molecule has 0 aliphatic rings. The van der Waals surface area contributed by atoms with Gasteiger partial charge in [-0.2, -0.15) is 0 Å². The number of allylic oxidation sites excluding steroid dienone is 1. The van der Waals surface area contributed by atoms with Crippen molar-refractivity contribution in [3.8, 4) is 11.5 Å². The van der Waals surface area contributed by atoms with Crippen molar-refractivity contribution < 1.29 is 24.2 Å². The second-order valence-corrected chi connectivity index (χ2v) is 5.77. The van der Waals surface area contributed by atoms with Crippen LogP contribution in [-0.4, -0.2) is 49.2 Å². The van der Waals surface area contributed by atoms with Gasteiger partial charge in [-0.1, -0.05) is 6.08 Å². The number of hydrogen-bond donors (Lipinski definition) is 2. The minimum absolute atomic E-state index is 0.0598. The maximum atomic E-state index is 12.7. The molecule has 0 aliphatic carbocycles. The predicted molar refractivity (Wildman–Crippen MR) is 94.6 cm³/mol. The zero-order valence-corrected chi connectivity index (χ0v) is 14.9. The number of benzene rings is 1. The number of aliphatic carboxylic acids is 1. The van der Waals surface area contributed by atoms with Crippen molar-refractivity contribution in [2.45, 2.75) is 25.4 Å². The summed E-state index contributed by atoms with van der Waals surface area (Å²) < 4.78 is 10.5. The lowest BCUT2D eigenvalue weighted by molar-refractivity contribution is -0.140. The molecule has 1 unspecified atom stereocenters. The number of hydrogen-bond acceptors (Lipinski definition) is 5. The molecule has 138 valence electrons. The maximum absolute atomic E-state index is 12.7. The van der Waals surface area contributed by atoms with Gasteiger partial charge in [0.25, 0.3) is 0 Å². The summed E-state index contributed by atoms with van der Waals surface area (Å²) in [4.78, 5) is 25.2. The van der Waals surface area contributed by atoms with Crippen molar-refractivity contribution >= 4 is 11.9 Å². The van der Waals surface area contributed by atoms with Crippen LogP contribution in [0.1, 0.15) is 18.4 Å². The number of nitrogens with two attached hydrogens (primary N) is 1. The van der Waals surface area contributed by atoms with Crippen LogP contribution in [0.15, 0.2) is 30.9 Å². The van der Waals surface area contributed by atoms with E-state index in [4.69, 9.17) is 20.3 Å². The third-order valence-electron chi connectivity index (χ3n) is 3.93. The van der Waals surface area contributed by atoms with E-state index in [-0.39, 0.29) is 12.3 Å². The molecule has 2 atom stereocenters. The Balaban J connectivity index is 2.89. The standard InChI is InChI=1S/C18H26N2O5/c1-5-6-12(9-15(19)18(22)23)17(21)20(2)11-13-7-8-14(24-3)10-16(13)25-4/h5,7-8,10,12,15H,1,6,9,11,19H2,2-4H3,(H,22,23)/t12?,15-/m0/s1. The van der Waals surface area contributed by atoms with E-state index in [1.165, 1.54) is 4.90 Å². The van der Waals surface area contributed by atoms with Crippen molar-refractivity contribution in [3.05, 3.63) is 36.4 Å². The largest absolute Gasteiger partial charge is 0.497 e. The topological polar surface area (TPSA) is 102 Å². The smallest absolute Gasteiger partial charge is 0.320 e. The molecule has 1 aromatic carbocycles. The molecule has 0 saturated carbocycles. The molecule has 7 nitrogen and oxygen atoms in total. The Labute approximate surface area is 148 Å². The molecule has 1 aromatic rings. The van der Waals surface area contributed by atoms with Gasteiger partial charge in [0.2, 0.25) is 5.91 Å². The molecule has 0 fully saturated rings. The highest BCUT2D eigenvalue weighted by Gasteiger charge is 2.26. The molecule has 3 N–H and O–H groups in total. The summed E-state index contributed by atoms with van der Waals surface area (Å²) in [7, 11) is 4.77. The molecule has 0 aromatic heterocycles. The summed E-state index contributed by atoms with van der Waals surface area (Å²) in [6, 6.07) is 4.28. The van der Waals surface area contributed by atoms with Crippen LogP contribution in [0.5, 0.6) is 11.5 Å². The van der Waals surface area contributed by atoms with E-state index in [0.717, 1.165) is 5.56 Å². The Morgan fingerprint density at radius 3 is 2.56 bits per heavy atom. The molecule has 0 aliphatic heterocycles. The summed E-state index contributed by atoms with van der Waals surface area (Å²) in [6.07, 6.45) is 2.02. The molecular formula is C18H26N2O5. The van der Waals surface area contributed by atoms with Gasteiger partial charge >= 0.3 is 5.97 Å². The van der Waals surface area contributed by atoms with E-state index >= 15 is 0 Å². The van der Waals surface area contributed by atoms with Crippen LogP contribution in [0.25, 0.3) is 0 Å². The molecule has 0 spiro atoms. The normalized spacial score (nSPS) is 12.8. The number of methoxy groups -OCH3 is 2. The van der Waals surface area contributed by atoms with E-state index in [1.807, 2.05) is 6.07 Å². The fraction of sp³-hybridized carbons (Fsp3) is 0.444. The van der Waals surface area contributed by atoms with Crippen LogP contribution in [0.4, 0.5) is 0 Å². The highest BCUT2D eigenvalue weighted by molar-refractivity contribution is 5.80. The lowest BCUT2D eigenvalue weighted by Crippen LogP contribution is -2.39. The van der Waals surface area contributed by atoms with Crippen LogP contribution < -0.4 is 15.2 Å². The number of carbonyl (C=O) groups excluding carboxylic acids is 1. The first kappa shape index (κ1) is 20.5. The van der Waals surface area contributed by atoms with E-state index in [9.17, 15) is 9.59 Å². The van der Waals surface area contributed by atoms with Gasteiger partial charge < -0.3 is 25.2 Å². The maximum Gasteiger partial charge on any atom is 0.320 e. The van der Waals surface area contributed by atoms with Crippen LogP contribution in [0, 0.1) is 5.92 Å². The van der Waals surface area contributed by atoms with Crippen LogP contribution in [0.3, 0.4) is 0 Å². The number of rotatable bonds is 10. The van der Waals surface area contributed by atoms with Gasteiger partial charge in [0.05, 0.1) is 14.2 Å². The third kappa shape index (κ3) is 5.79. The van der Waals surface area contributed by atoms with E-state index in [1.54, 1.807) is 39.5 Å². The summed E-state index contributed by atoms with van der Waals surface area (Å²) in [5.41, 5.74) is 6.40. The molecule has 1 rings (SSSR count). The monoisotopic (exact) mass is 350 g/mol. The number of nitrogens with zero attached hydrogens (tertiary/aromatic N) is 1. The SMILES string of the molecule is C=CCC(C[C@H](N)C(=O)O)C(=O)N(C)Cc1ccc(OC)cc1OC. The van der Waals surface area contributed by atoms with E-state index < -0.39 is 17.9 Å². The van der Waals surface area contributed by atoms with Gasteiger partial charge in [0.1, 0.15) is 17.5 Å². The van der Waals surface area contributed by atoms with Gasteiger partial charge in [-0.3, -0.25) is 9.59 Å². The summed E-state index contributed by atoms with van der Waals surface area (Å²) in [5, 5.41) is 8.97. The molecule has 7 heteroatoms. The van der Waals surface area contributed by atoms with Crippen LogP contribution in [0.2, 0.25) is 0 Å². The Morgan fingerprint density at radius 2 is 2.04 bits per heavy atom. The Bertz CT molecular complexity index is 617. The average molecular weight is 350 g/mol. The van der Waals surface area contributed by atoms with Gasteiger partial charge in [-0.05, 0) is 25.0 Å².